The number of amides is 3. The first-order valence-corrected chi connectivity index (χ1v) is 18.3. The van der Waals surface area contributed by atoms with Crippen LogP contribution in [-0.2, 0) is 28.7 Å². The molecule has 10 nitrogen and oxygen atoms in total. The summed E-state index contributed by atoms with van der Waals surface area (Å²) in [6.07, 6.45) is 2.57. The van der Waals surface area contributed by atoms with Crippen LogP contribution in [0.25, 0.3) is 0 Å². The molecule has 2 bridgehead atoms. The molecular formula is C38H45BrClN3O7. The van der Waals surface area contributed by atoms with Gasteiger partial charge in [0.05, 0.1) is 47.3 Å². The Labute approximate surface area is 306 Å². The molecule has 3 aliphatic heterocycles. The van der Waals surface area contributed by atoms with E-state index in [1.165, 1.54) is 9.80 Å². The monoisotopic (exact) mass is 769 g/mol. The number of hydrogen-bond donors (Lipinski definition) is 2. The molecule has 3 saturated heterocycles. The van der Waals surface area contributed by atoms with Crippen molar-refractivity contribution in [3.63, 3.8) is 0 Å². The van der Waals surface area contributed by atoms with E-state index in [-0.39, 0.29) is 36.0 Å². The molecule has 0 saturated carbocycles. The number of allylic oxidation sites excluding steroid dienone is 1. The van der Waals surface area contributed by atoms with Crippen LogP contribution in [0.4, 0.5) is 5.69 Å². The lowest BCUT2D eigenvalue weighted by Crippen LogP contribution is -2.60. The van der Waals surface area contributed by atoms with E-state index in [9.17, 15) is 24.3 Å². The van der Waals surface area contributed by atoms with E-state index in [1.807, 2.05) is 44.2 Å². The lowest BCUT2D eigenvalue weighted by Gasteiger charge is -2.40. The molecule has 3 aliphatic rings. The van der Waals surface area contributed by atoms with E-state index in [4.69, 9.17) is 21.1 Å². The van der Waals surface area contributed by atoms with E-state index >= 15 is 0 Å². The zero-order chi connectivity index (χ0) is 36.3. The Hall–Kier alpha value is -3.51. The minimum atomic E-state index is -1.41. The number of hydrogen-bond acceptors (Lipinski definition) is 7. The Morgan fingerprint density at radius 3 is 2.44 bits per heavy atom. The van der Waals surface area contributed by atoms with Gasteiger partial charge in [-0.25, -0.2) is 0 Å². The van der Waals surface area contributed by atoms with Gasteiger partial charge >= 0.3 is 5.97 Å². The quantitative estimate of drug-likeness (QED) is 0.142. The summed E-state index contributed by atoms with van der Waals surface area (Å²) in [6, 6.07) is 13.5. The molecule has 12 heteroatoms. The maximum Gasteiger partial charge on any atom is 0.313 e. The molecule has 268 valence electrons. The van der Waals surface area contributed by atoms with E-state index < -0.39 is 72.2 Å². The van der Waals surface area contributed by atoms with Crippen molar-refractivity contribution in [3.8, 4) is 0 Å². The fourth-order valence-electron chi connectivity index (χ4n) is 7.79. The molecule has 5 rings (SSSR count). The summed E-state index contributed by atoms with van der Waals surface area (Å²) in [4.78, 5) is 59.4. The molecule has 3 heterocycles. The number of anilines is 1. The Bertz CT molecular complexity index is 1610. The van der Waals surface area contributed by atoms with E-state index in [0.717, 1.165) is 0 Å². The summed E-state index contributed by atoms with van der Waals surface area (Å²) in [5.74, 6) is -4.19. The smallest absolute Gasteiger partial charge is 0.313 e. The molecule has 3 fully saturated rings. The molecule has 2 aromatic carbocycles. The molecule has 0 aromatic heterocycles. The first-order chi connectivity index (χ1) is 23.9. The first kappa shape index (κ1) is 37.7. The van der Waals surface area contributed by atoms with Crippen molar-refractivity contribution >= 4 is 56.9 Å². The van der Waals surface area contributed by atoms with Crippen LogP contribution in [0.3, 0.4) is 0 Å². The number of ether oxygens (including phenoxy) is 2. The van der Waals surface area contributed by atoms with Crippen LogP contribution in [-0.4, -0.2) is 81.5 Å². The fourth-order valence-corrected chi connectivity index (χ4v) is 8.97. The predicted octanol–water partition coefficient (Wildman–Crippen LogP) is 5.38. The second kappa shape index (κ2) is 15.8. The largest absolute Gasteiger partial charge is 0.455 e. The number of halogens is 2. The number of para-hydroxylation sites is 1. The first-order valence-electron chi connectivity index (χ1n) is 17.0. The van der Waals surface area contributed by atoms with Crippen molar-refractivity contribution < 1.29 is 33.8 Å². The van der Waals surface area contributed by atoms with Crippen LogP contribution >= 0.6 is 27.5 Å². The maximum atomic E-state index is 14.9. The summed E-state index contributed by atoms with van der Waals surface area (Å²) in [7, 11) is 0. The number of alkyl halides is 1. The van der Waals surface area contributed by atoms with Crippen molar-refractivity contribution in [2.45, 2.75) is 80.8 Å². The molecule has 3 amide bonds. The zero-order valence-corrected chi connectivity index (χ0v) is 30.9. The molecule has 2 aromatic rings. The van der Waals surface area contributed by atoms with Crippen molar-refractivity contribution in [1.29, 1.82) is 0 Å². The molecule has 1 unspecified atom stereocenters. The normalized spacial score (nSPS) is 27.0. The van der Waals surface area contributed by atoms with Crippen LogP contribution in [0.15, 0.2) is 79.9 Å². The lowest BCUT2D eigenvalue weighted by atomic mass is 9.70. The molecule has 2 N–H and O–H groups in total. The number of rotatable bonds is 15. The Balaban J connectivity index is 1.55. The van der Waals surface area contributed by atoms with Crippen molar-refractivity contribution in [2.75, 3.05) is 18.1 Å². The average Bonchev–Trinajstić information content (AvgIpc) is 3.69. The number of aliphatic hydroxyl groups is 1. The summed E-state index contributed by atoms with van der Waals surface area (Å²) in [6.45, 7) is 12.7. The van der Waals surface area contributed by atoms with Gasteiger partial charge in [0.25, 0.3) is 5.91 Å². The molecule has 0 aliphatic carbocycles. The predicted molar refractivity (Wildman–Crippen MR) is 195 cm³/mol. The summed E-state index contributed by atoms with van der Waals surface area (Å²) in [5, 5.41) is 13.9. The second-order valence-electron chi connectivity index (χ2n) is 13.5. The minimum Gasteiger partial charge on any atom is -0.455 e. The third-order valence-corrected chi connectivity index (χ3v) is 11.2. The highest BCUT2D eigenvalue weighted by molar-refractivity contribution is 9.09. The number of likely N-dealkylation sites (tertiary alicyclic amines) is 1. The number of aliphatic hydroxyl groups excluding tert-OH is 1. The number of esters is 1. The lowest BCUT2D eigenvalue weighted by molar-refractivity contribution is -0.162. The van der Waals surface area contributed by atoms with Crippen molar-refractivity contribution in [2.24, 2.45) is 17.8 Å². The molecule has 9 atom stereocenters. The number of carbonyl (C=O) groups excluding carboxylic acids is 4. The fraction of sp³-hybridized carbons (Fsp3) is 0.474. The Kier molecular flexibility index (Phi) is 11.9. The van der Waals surface area contributed by atoms with Gasteiger partial charge in [0, 0.05) is 17.8 Å². The minimum absolute atomic E-state index is 0.0924. The molecule has 1 spiro atoms. The highest BCUT2D eigenvalue weighted by atomic mass is 79.9. The standard InChI is InChI=1S/C38H45BrClN3O7/c1-6-8-18-29(45)41-23(5)32(24-14-10-9-11-15-24)49-37(48)30-31-35(46)43(28(21-44)22(3)4)34(38(31)20-25(39)33(30)50-38)36(47)42(19-7-2)27-17-13-12-16-26(27)40/h6-7,9-17,22-23,25,28,30-34,44H,1-2,8,18-21H2,3-5H3,(H,41,45)/t23-,25?,28+,30-,31+,32-,33-,34-,38+/m1/s1. The number of carbonyl (C=O) groups is 4. The molecule has 50 heavy (non-hydrogen) atoms. The van der Waals surface area contributed by atoms with Crippen LogP contribution in [0.1, 0.15) is 51.7 Å². The Morgan fingerprint density at radius 2 is 1.82 bits per heavy atom. The summed E-state index contributed by atoms with van der Waals surface area (Å²) < 4.78 is 13.0. The van der Waals surface area contributed by atoms with Gasteiger partial charge in [0.2, 0.25) is 11.8 Å². The topological polar surface area (TPSA) is 125 Å². The Morgan fingerprint density at radius 1 is 1.14 bits per heavy atom. The second-order valence-corrected chi connectivity index (χ2v) is 15.1. The number of nitrogens with one attached hydrogen (secondary N) is 1. The average molecular weight is 771 g/mol. The van der Waals surface area contributed by atoms with Crippen molar-refractivity contribution in [3.05, 3.63) is 90.5 Å². The van der Waals surface area contributed by atoms with Crippen LogP contribution in [0.5, 0.6) is 0 Å². The van der Waals surface area contributed by atoms with Crippen LogP contribution in [0, 0.1) is 17.8 Å². The van der Waals surface area contributed by atoms with Crippen LogP contribution in [0.2, 0.25) is 5.02 Å². The van der Waals surface area contributed by atoms with Gasteiger partial charge in [-0.15, -0.1) is 13.2 Å². The highest BCUT2D eigenvalue weighted by Gasteiger charge is 2.78. The third-order valence-electron chi connectivity index (χ3n) is 10.1. The number of fused-ring (bicyclic) bond motifs is 1. The van der Waals surface area contributed by atoms with Gasteiger partial charge in [-0.3, -0.25) is 19.2 Å². The van der Waals surface area contributed by atoms with Gasteiger partial charge in [-0.1, -0.05) is 96.0 Å². The zero-order valence-electron chi connectivity index (χ0n) is 28.5. The molecule has 0 radical (unpaired) electrons. The van der Waals surface area contributed by atoms with Gasteiger partial charge in [0.1, 0.15) is 17.7 Å². The van der Waals surface area contributed by atoms with Gasteiger partial charge in [-0.05, 0) is 43.4 Å². The molecular weight excluding hydrogens is 726 g/mol. The van der Waals surface area contributed by atoms with Gasteiger partial charge in [0.15, 0.2) is 0 Å². The van der Waals surface area contributed by atoms with E-state index in [2.05, 4.69) is 34.4 Å². The van der Waals surface area contributed by atoms with E-state index in [0.29, 0.717) is 22.7 Å². The SMILES string of the molecule is C=CCCC(=O)N[C@H](C)[C@@H](OC(=O)[C@H]1[C@@H]2O[C@@]3(CC2Br)[C@@H]1C(=O)N([C@@H](CO)C(C)C)[C@@H]3C(=O)N(CC=C)c1ccccc1Cl)c1ccccc1. The van der Waals surface area contributed by atoms with Gasteiger partial charge in [-0.2, -0.15) is 0 Å². The van der Waals surface area contributed by atoms with Gasteiger partial charge < -0.3 is 29.7 Å². The number of benzene rings is 2. The summed E-state index contributed by atoms with van der Waals surface area (Å²) >= 11 is 10.3. The van der Waals surface area contributed by atoms with E-state index in [1.54, 1.807) is 43.3 Å². The highest BCUT2D eigenvalue weighted by Crippen LogP contribution is 2.61. The summed E-state index contributed by atoms with van der Waals surface area (Å²) in [5.41, 5.74) is -0.309. The number of nitrogens with zero attached hydrogens (tertiary/aromatic N) is 2. The van der Waals surface area contributed by atoms with Crippen LogP contribution < -0.4 is 10.2 Å². The maximum absolute atomic E-state index is 14.9. The van der Waals surface area contributed by atoms with Crippen molar-refractivity contribution in [1.82, 2.24) is 10.2 Å². The third kappa shape index (κ3) is 6.89.